The Labute approximate surface area is 805 Å². The van der Waals surface area contributed by atoms with E-state index in [-0.39, 0.29) is 0 Å². The Morgan fingerprint density at radius 1 is 0.197 bits per heavy atom. The van der Waals surface area contributed by atoms with Crippen LogP contribution in [0.5, 0.6) is 0 Å². The lowest BCUT2D eigenvalue weighted by molar-refractivity contribution is -0.404. The molecule has 12 aliphatic heterocycles. The van der Waals surface area contributed by atoms with Crippen LogP contribution in [0.25, 0.3) is 0 Å². The number of hydrogen-bond acceptors (Lipinski definition) is 58. The van der Waals surface area contributed by atoms with Crippen molar-refractivity contribution in [1.29, 1.82) is 0 Å². The fourth-order valence-electron chi connectivity index (χ4n) is 18.6. The molecule has 0 unspecified atom stereocenters. The summed E-state index contributed by atoms with van der Waals surface area (Å²) in [7, 11) is 0. The van der Waals surface area contributed by atoms with Gasteiger partial charge in [0.1, 0.15) is 274 Å². The molecule has 4 amide bonds. The lowest BCUT2D eigenvalue weighted by Gasteiger charge is -2.52. The van der Waals surface area contributed by atoms with Crippen LogP contribution in [-0.2, 0) is 128 Å². The van der Waals surface area contributed by atoms with Crippen molar-refractivity contribution in [2.24, 2.45) is 0 Å². The second kappa shape index (κ2) is 50.3. The molecular weight excluding hydrogens is 1940 g/mol. The van der Waals surface area contributed by atoms with Gasteiger partial charge < -0.3 is 289 Å². The number of rotatable bonds is 35. The Balaban J connectivity index is 0.917. The van der Waals surface area contributed by atoms with E-state index in [1.165, 1.54) is 20.8 Å². The molecule has 0 saturated carbocycles. The molecule has 822 valence electrons. The summed E-state index contributed by atoms with van der Waals surface area (Å²) < 4.78 is 140. The third kappa shape index (κ3) is 25.4. The highest BCUT2D eigenvalue weighted by molar-refractivity contribution is 5.74. The molecule has 62 nitrogen and oxygen atoms in total. The van der Waals surface area contributed by atoms with E-state index in [0.717, 1.165) is 27.7 Å². The predicted molar refractivity (Wildman–Crippen MR) is 437 cm³/mol. The van der Waals surface area contributed by atoms with E-state index in [0.29, 0.717) is 0 Å². The Hall–Kier alpha value is -4.28. The highest BCUT2D eigenvalue weighted by atomic mass is 16.8. The van der Waals surface area contributed by atoms with Gasteiger partial charge in [-0.1, -0.05) is 0 Å². The molecule has 62 heteroatoms. The van der Waals surface area contributed by atoms with Crippen molar-refractivity contribution >= 4 is 23.6 Å². The van der Waals surface area contributed by atoms with E-state index in [1.54, 1.807) is 0 Å². The SMILES string of the molecule is CC(=O)N[C@@H]1[C@H](O[C@@H]2[C@@H](O[C@@H]3[C@H](O)[C@H](O[C@H]4[C@H](O)[C@@H](NC(C)=O)[C@H](O[C@H]5[C@H](O)[C@@H](NC(C)=O)[C@H](O)O[C@@H]5CO[C@H]5O[C@H](C)[C@H](O)[C@H](O)[C@H]5O)O[C@@H]4CO)O[C@H](CO[C@H]4O[C@H](CO)[C@@H](O)[C@H](O)[C@@H]4O[C@@H]4O[C@H](CO)[C@@H](O[C@@H]5O[C@H](CO)[C@H](O)[C@H](O)[C@H]5O)[C@H](O[C@H]5O[C@H](C)[C@H](O)[C@H](O)[C@H]5O)[C@H]4NC(C)=O)[C@H]3O)O[C@H](CO)[C@@H](O)[C@@H]2O)O[C@H](CO)[C@@H](O[C@@H]2O[C@H](CO)[C@H](O)[C@H](O)[C@H]2O)[C@@H]1O[C@H]1O[C@H](C)[C@H](O)[C@H](O)[C@H]1O. The van der Waals surface area contributed by atoms with Gasteiger partial charge in [-0.25, -0.2) is 0 Å². The summed E-state index contributed by atoms with van der Waals surface area (Å²) in [5, 5.41) is 360. The maximum atomic E-state index is 13.7. The molecule has 12 rings (SSSR count). The molecule has 142 heavy (non-hydrogen) atoms. The fraction of sp³-hybridized carbons (Fsp3) is 0.950. The smallest absolute Gasteiger partial charge is 0.217 e. The van der Waals surface area contributed by atoms with E-state index in [1.807, 2.05) is 0 Å². The number of aliphatic hydroxyl groups excluding tert-OH is 31. The third-order valence-corrected chi connectivity index (χ3v) is 26.6. The lowest BCUT2D eigenvalue weighted by atomic mass is 9.93. The van der Waals surface area contributed by atoms with E-state index in [9.17, 15) is 177 Å². The molecule has 60 atom stereocenters. The van der Waals surface area contributed by atoms with E-state index < -0.39 is 451 Å². The van der Waals surface area contributed by atoms with Gasteiger partial charge in [-0.2, -0.15) is 0 Å². The summed E-state index contributed by atoms with van der Waals surface area (Å²) in [6.45, 7) is -3.33. The van der Waals surface area contributed by atoms with Crippen molar-refractivity contribution in [2.75, 3.05) is 59.5 Å². The molecule has 0 spiro atoms. The van der Waals surface area contributed by atoms with Crippen LogP contribution in [0, 0.1) is 0 Å². The molecule has 0 radical (unpaired) electrons. The second-order valence-electron chi connectivity index (χ2n) is 36.6. The molecule has 12 aliphatic rings. The largest absolute Gasteiger partial charge is 0.394 e. The number of ether oxygens (including phenoxy) is 23. The third-order valence-electron chi connectivity index (χ3n) is 26.6. The van der Waals surface area contributed by atoms with E-state index >= 15 is 0 Å². The van der Waals surface area contributed by atoms with Crippen LogP contribution in [0.15, 0.2) is 0 Å². The molecule has 12 heterocycles. The predicted octanol–water partition coefficient (Wildman–Crippen LogP) is -23.5. The Kier molecular flexibility index (Phi) is 41.2. The summed E-state index contributed by atoms with van der Waals surface area (Å²) >= 11 is 0. The molecule has 35 N–H and O–H groups in total. The number of carbonyl (C=O) groups excluding carboxylic acids is 4. The van der Waals surface area contributed by atoms with Crippen LogP contribution in [0.3, 0.4) is 0 Å². The molecule has 0 bridgehead atoms. The first kappa shape index (κ1) is 116. The molecule has 12 fully saturated rings. The summed E-state index contributed by atoms with van der Waals surface area (Å²) in [5.41, 5.74) is 0. The average Bonchev–Trinajstić information content (AvgIpc) is 0.753. The highest BCUT2D eigenvalue weighted by Gasteiger charge is 2.64. The van der Waals surface area contributed by atoms with Crippen molar-refractivity contribution in [3.05, 3.63) is 0 Å². The Morgan fingerprint density at radius 3 is 0.859 bits per heavy atom. The quantitative estimate of drug-likeness (QED) is 0.0280. The summed E-state index contributed by atoms with van der Waals surface area (Å²) in [4.78, 5) is 53.3. The van der Waals surface area contributed by atoms with Gasteiger partial charge in [-0.05, 0) is 20.8 Å². The van der Waals surface area contributed by atoms with Crippen LogP contribution in [0.4, 0.5) is 0 Å². The first-order valence-electron chi connectivity index (χ1n) is 45.7. The topological polar surface area (TPSA) is 956 Å². The second-order valence-corrected chi connectivity index (χ2v) is 36.6. The van der Waals surface area contributed by atoms with Crippen LogP contribution in [0.2, 0.25) is 0 Å². The average molecular weight is 2080 g/mol. The number of hydrogen-bond donors (Lipinski definition) is 35. The van der Waals surface area contributed by atoms with Crippen molar-refractivity contribution < 1.29 is 286 Å². The van der Waals surface area contributed by atoms with E-state index in [4.69, 9.17) is 109 Å². The van der Waals surface area contributed by atoms with Gasteiger partial charge in [0.25, 0.3) is 0 Å². The zero-order valence-corrected chi connectivity index (χ0v) is 76.9. The molecule has 0 aromatic rings. The monoisotopic (exact) mass is 2080 g/mol. The molecule has 0 aliphatic carbocycles. The van der Waals surface area contributed by atoms with Gasteiger partial charge in [0.2, 0.25) is 23.6 Å². The summed E-state index contributed by atoms with van der Waals surface area (Å²) in [5.74, 6) is -4.02. The van der Waals surface area contributed by atoms with Gasteiger partial charge in [0.05, 0.1) is 77.8 Å². The first-order valence-corrected chi connectivity index (χ1v) is 45.7. The first-order chi connectivity index (χ1) is 67.1. The normalized spacial score (nSPS) is 50.9. The Bertz CT molecular complexity index is 3940. The zero-order chi connectivity index (χ0) is 104. The Morgan fingerprint density at radius 2 is 0.451 bits per heavy atom. The number of amides is 4. The van der Waals surface area contributed by atoms with Crippen molar-refractivity contribution in [3.63, 3.8) is 0 Å². The minimum absolute atomic E-state index is 0.875. The minimum Gasteiger partial charge on any atom is -0.394 e. The fourth-order valence-corrected chi connectivity index (χ4v) is 18.6. The number of nitrogens with one attached hydrogen (secondary N) is 4. The van der Waals surface area contributed by atoms with Crippen LogP contribution < -0.4 is 21.3 Å². The maximum absolute atomic E-state index is 13.7. The molecule has 12 saturated heterocycles. The van der Waals surface area contributed by atoms with Crippen LogP contribution in [-0.4, -0.2) is 610 Å². The van der Waals surface area contributed by atoms with Crippen molar-refractivity contribution in [2.45, 2.75) is 417 Å². The number of carbonyl (C=O) groups is 4. The van der Waals surface area contributed by atoms with Gasteiger partial charge in [0, 0.05) is 27.7 Å². The van der Waals surface area contributed by atoms with Crippen LogP contribution in [0.1, 0.15) is 48.5 Å². The lowest BCUT2D eigenvalue weighted by Crippen LogP contribution is -2.71. The van der Waals surface area contributed by atoms with Gasteiger partial charge in [-0.15, -0.1) is 0 Å². The van der Waals surface area contributed by atoms with Gasteiger partial charge in [0.15, 0.2) is 75.5 Å². The summed E-state index contributed by atoms with van der Waals surface area (Å²) in [6.07, 6.45) is -119. The van der Waals surface area contributed by atoms with Crippen molar-refractivity contribution in [3.8, 4) is 0 Å². The standard InChI is InChI=1S/C80H134N4O58/c1-17-37(96)47(106)54(113)73(122-17)120-16-32-61(45(104)33(69(119)125-32)81-20(4)92)134-70-34(82-21(5)93)46(105)60(28(12-89)130-70)135-78-59(118)66(140-80-68(53(112)43(102)27(11-88)129-80)142-72-36(84-23(7)95)65(139-75-56(115)49(108)39(98)19(3)124-75)63(30(14-91)132-72)137-77-58(117)51(110)41(100)25(9-86)127-77)44(103)31(133-78)15-121-79-67(52(111)42(101)26(10-87)128-79)141-71-35(83-22(6)94)64(138-74-55(114)48(107)38(97)18(2)123-74)62(29(13-90)131-71)136-76-57(116)50(109)40(99)24(8-85)126-76/h17-19,24-80,85-91,96-119H,8-16H2,1-7H3,(H,81,92)(H,82,93)(H,83,94)(H,84,95)/t17-,18-,19-,24-,25-,26-,27-,28-,29-,30-,31-,32-,33-,34-,35-,36+,37+,38+,39+,40+,41+,42-,43-,44-,45-,46-,47+,48+,49+,50+,51+,52+,53+,54-,55-,56-,57-,58-,59+,60-,61-,62-,63-,64-,65-,66+,67+,68+,69-,70+,71+,72+,73+,74-,75-,76+,77+,78+,79+,80-/m1/s1. The summed E-state index contributed by atoms with van der Waals surface area (Å²) in [6, 6.07) is -8.10. The van der Waals surface area contributed by atoms with Crippen molar-refractivity contribution in [1.82, 2.24) is 21.3 Å². The van der Waals surface area contributed by atoms with E-state index in [2.05, 4.69) is 21.3 Å². The van der Waals surface area contributed by atoms with Gasteiger partial charge in [-0.3, -0.25) is 19.2 Å². The zero-order valence-electron chi connectivity index (χ0n) is 76.9. The maximum Gasteiger partial charge on any atom is 0.217 e. The highest BCUT2D eigenvalue weighted by Crippen LogP contribution is 2.43. The minimum atomic E-state index is -2.74. The van der Waals surface area contributed by atoms with Crippen LogP contribution >= 0.6 is 0 Å². The molecule has 0 aromatic heterocycles. The molecular formula is C80H134N4O58. The number of aliphatic hydroxyl groups is 31. The molecule has 0 aromatic carbocycles. The van der Waals surface area contributed by atoms with Gasteiger partial charge >= 0.3 is 0 Å².